The highest BCUT2D eigenvalue weighted by Gasteiger charge is 2.34. The summed E-state index contributed by atoms with van der Waals surface area (Å²) >= 11 is 0. The smallest absolute Gasteiger partial charge is 0.346 e. The molecule has 0 aliphatic heterocycles. The molecule has 0 bridgehead atoms. The van der Waals surface area contributed by atoms with Gasteiger partial charge in [-0.05, 0) is 54.3 Å². The molecule has 4 aromatic rings. The number of carboxylic acids is 1. The normalized spacial score (nSPS) is 11.7. The molecular weight excluding hydrogens is 440 g/mol. The molecule has 0 saturated heterocycles. The van der Waals surface area contributed by atoms with E-state index in [0.29, 0.717) is 12.3 Å². The first-order valence-corrected chi connectivity index (χ1v) is 11.7. The van der Waals surface area contributed by atoms with Crippen LogP contribution in [0.15, 0.2) is 91.1 Å². The minimum absolute atomic E-state index is 0.0235. The van der Waals surface area contributed by atoms with Crippen LogP contribution >= 0.6 is 0 Å². The van der Waals surface area contributed by atoms with E-state index < -0.39 is 18.0 Å². The Morgan fingerprint density at radius 3 is 2.00 bits per heavy atom. The average Bonchev–Trinajstić information content (AvgIpc) is 2.90. The molecule has 1 aromatic heterocycles. The number of hydrogen-bond acceptors (Lipinski definition) is 5. The standard InChI is InChI=1S/C29H28N2O4/c1-3-20-19-30-29(31-26(20)23-15-17-24(18-16-23)34-4-2)35-27(28(32)33)25(21-11-7-5-8-12-21)22-13-9-6-10-14-22/h5-19,25,27H,3-4H2,1-2H3,(H,32,33). The lowest BCUT2D eigenvalue weighted by Crippen LogP contribution is -2.35. The van der Waals surface area contributed by atoms with Crippen molar-refractivity contribution in [3.63, 3.8) is 0 Å². The van der Waals surface area contributed by atoms with Crippen molar-refractivity contribution in [2.75, 3.05) is 6.61 Å². The maximum atomic E-state index is 12.5. The quantitative estimate of drug-likeness (QED) is 0.318. The third-order valence-electron chi connectivity index (χ3n) is 5.76. The summed E-state index contributed by atoms with van der Waals surface area (Å²) in [6, 6.07) is 26.7. The molecule has 0 amide bonds. The predicted molar refractivity (Wildman–Crippen MR) is 135 cm³/mol. The van der Waals surface area contributed by atoms with Crippen LogP contribution in [0.25, 0.3) is 11.3 Å². The first-order chi connectivity index (χ1) is 17.1. The second-order valence-corrected chi connectivity index (χ2v) is 8.01. The predicted octanol–water partition coefficient (Wildman–Crippen LogP) is 5.77. The topological polar surface area (TPSA) is 81.5 Å². The number of rotatable bonds is 10. The molecular formula is C29H28N2O4. The lowest BCUT2D eigenvalue weighted by atomic mass is 9.86. The van der Waals surface area contributed by atoms with Gasteiger partial charge in [-0.15, -0.1) is 0 Å². The monoisotopic (exact) mass is 468 g/mol. The second kappa shape index (κ2) is 11.3. The Hall–Kier alpha value is -4.19. The third kappa shape index (κ3) is 5.66. The minimum Gasteiger partial charge on any atom is -0.494 e. The van der Waals surface area contributed by atoms with E-state index in [2.05, 4.69) is 9.97 Å². The molecule has 0 aliphatic rings. The number of ether oxygens (including phenoxy) is 2. The zero-order valence-electron chi connectivity index (χ0n) is 19.8. The molecule has 1 unspecified atom stereocenters. The van der Waals surface area contributed by atoms with Crippen LogP contribution < -0.4 is 9.47 Å². The highest BCUT2D eigenvalue weighted by molar-refractivity contribution is 5.75. The Balaban J connectivity index is 1.72. The summed E-state index contributed by atoms with van der Waals surface area (Å²) in [5, 5.41) is 10.2. The number of carbonyl (C=O) groups is 1. The lowest BCUT2D eigenvalue weighted by Gasteiger charge is -2.25. The van der Waals surface area contributed by atoms with Crippen LogP contribution in [0.5, 0.6) is 11.8 Å². The highest BCUT2D eigenvalue weighted by atomic mass is 16.5. The van der Waals surface area contributed by atoms with Crippen LogP contribution in [-0.4, -0.2) is 33.8 Å². The van der Waals surface area contributed by atoms with E-state index in [1.54, 1.807) is 6.20 Å². The van der Waals surface area contributed by atoms with Crippen molar-refractivity contribution >= 4 is 5.97 Å². The summed E-state index contributed by atoms with van der Waals surface area (Å²) < 4.78 is 11.6. The van der Waals surface area contributed by atoms with E-state index in [-0.39, 0.29) is 6.01 Å². The second-order valence-electron chi connectivity index (χ2n) is 8.01. The van der Waals surface area contributed by atoms with Gasteiger partial charge in [-0.1, -0.05) is 67.6 Å². The van der Waals surface area contributed by atoms with Gasteiger partial charge in [0.1, 0.15) is 5.75 Å². The van der Waals surface area contributed by atoms with Gasteiger partial charge in [0.15, 0.2) is 0 Å². The van der Waals surface area contributed by atoms with E-state index in [9.17, 15) is 9.90 Å². The number of aryl methyl sites for hydroxylation is 1. The molecule has 3 aromatic carbocycles. The molecule has 0 spiro atoms. The fraction of sp³-hybridized carbons (Fsp3) is 0.207. The zero-order chi connectivity index (χ0) is 24.6. The molecule has 35 heavy (non-hydrogen) atoms. The molecule has 0 radical (unpaired) electrons. The summed E-state index contributed by atoms with van der Waals surface area (Å²) in [4.78, 5) is 21.5. The van der Waals surface area contributed by atoms with Crippen molar-refractivity contribution in [1.82, 2.24) is 9.97 Å². The van der Waals surface area contributed by atoms with Crippen molar-refractivity contribution < 1.29 is 19.4 Å². The van der Waals surface area contributed by atoms with Gasteiger partial charge < -0.3 is 14.6 Å². The Morgan fingerprint density at radius 1 is 0.886 bits per heavy atom. The van der Waals surface area contributed by atoms with Crippen molar-refractivity contribution in [3.8, 4) is 23.0 Å². The summed E-state index contributed by atoms with van der Waals surface area (Å²) in [5.74, 6) is -0.855. The largest absolute Gasteiger partial charge is 0.494 e. The zero-order valence-corrected chi connectivity index (χ0v) is 19.8. The van der Waals surface area contributed by atoms with E-state index in [1.807, 2.05) is 98.8 Å². The van der Waals surface area contributed by atoms with Gasteiger partial charge in [0.05, 0.1) is 18.2 Å². The summed E-state index contributed by atoms with van der Waals surface area (Å²) in [6.45, 7) is 4.55. The van der Waals surface area contributed by atoms with Crippen LogP contribution in [0.2, 0.25) is 0 Å². The van der Waals surface area contributed by atoms with Gasteiger partial charge in [0.2, 0.25) is 6.10 Å². The van der Waals surface area contributed by atoms with Crippen LogP contribution in [0.3, 0.4) is 0 Å². The van der Waals surface area contributed by atoms with Gasteiger partial charge in [0.25, 0.3) is 0 Å². The molecule has 1 heterocycles. The molecule has 4 rings (SSSR count). The van der Waals surface area contributed by atoms with Crippen LogP contribution in [0, 0.1) is 0 Å². The highest BCUT2D eigenvalue weighted by Crippen LogP contribution is 2.32. The number of nitrogens with zero attached hydrogens (tertiary/aromatic N) is 2. The third-order valence-corrected chi connectivity index (χ3v) is 5.76. The van der Waals surface area contributed by atoms with Crippen LogP contribution in [-0.2, 0) is 11.2 Å². The van der Waals surface area contributed by atoms with Crippen LogP contribution in [0.1, 0.15) is 36.5 Å². The molecule has 1 N–H and O–H groups in total. The van der Waals surface area contributed by atoms with Gasteiger partial charge in [-0.2, -0.15) is 4.98 Å². The van der Waals surface area contributed by atoms with E-state index in [4.69, 9.17) is 9.47 Å². The maximum absolute atomic E-state index is 12.5. The number of aliphatic carboxylic acids is 1. The molecule has 1 atom stereocenters. The van der Waals surface area contributed by atoms with Crippen molar-refractivity contribution in [3.05, 3.63) is 108 Å². The summed E-state index contributed by atoms with van der Waals surface area (Å²) in [5.41, 5.74) is 4.20. The Morgan fingerprint density at radius 2 is 1.49 bits per heavy atom. The summed E-state index contributed by atoms with van der Waals surface area (Å²) in [6.07, 6.45) is 1.20. The first kappa shape index (κ1) is 24.0. The fourth-order valence-corrected chi connectivity index (χ4v) is 4.07. The Labute approximate surface area is 205 Å². The SMILES string of the molecule is CCOc1ccc(-c2nc(OC(C(=O)O)C(c3ccccc3)c3ccccc3)ncc2CC)cc1. The molecule has 0 fully saturated rings. The number of hydrogen-bond donors (Lipinski definition) is 1. The van der Waals surface area contributed by atoms with Gasteiger partial charge in [0, 0.05) is 11.8 Å². The Kier molecular flexibility index (Phi) is 7.73. The molecule has 6 nitrogen and oxygen atoms in total. The fourth-order valence-electron chi connectivity index (χ4n) is 4.07. The van der Waals surface area contributed by atoms with E-state index in [0.717, 1.165) is 34.4 Å². The van der Waals surface area contributed by atoms with Gasteiger partial charge in [-0.25, -0.2) is 9.78 Å². The average molecular weight is 469 g/mol. The molecule has 0 saturated carbocycles. The van der Waals surface area contributed by atoms with E-state index in [1.165, 1.54) is 0 Å². The van der Waals surface area contributed by atoms with Crippen molar-refractivity contribution in [2.24, 2.45) is 0 Å². The minimum atomic E-state index is -1.22. The van der Waals surface area contributed by atoms with Gasteiger partial charge >= 0.3 is 12.0 Å². The molecule has 178 valence electrons. The van der Waals surface area contributed by atoms with E-state index >= 15 is 0 Å². The van der Waals surface area contributed by atoms with Crippen molar-refractivity contribution in [2.45, 2.75) is 32.3 Å². The maximum Gasteiger partial charge on any atom is 0.346 e. The first-order valence-electron chi connectivity index (χ1n) is 11.7. The Bertz CT molecular complexity index is 1210. The summed E-state index contributed by atoms with van der Waals surface area (Å²) in [7, 11) is 0. The number of carboxylic acid groups (broad SMARTS) is 1. The van der Waals surface area contributed by atoms with Crippen LogP contribution in [0.4, 0.5) is 0 Å². The molecule has 6 heteroatoms. The molecule has 0 aliphatic carbocycles. The lowest BCUT2D eigenvalue weighted by molar-refractivity contribution is -0.146. The van der Waals surface area contributed by atoms with Gasteiger partial charge in [-0.3, -0.25) is 0 Å². The van der Waals surface area contributed by atoms with Crippen molar-refractivity contribution in [1.29, 1.82) is 0 Å². The number of aromatic nitrogens is 2. The number of benzene rings is 3.